The van der Waals surface area contributed by atoms with E-state index in [1.54, 1.807) is 43.0 Å². The van der Waals surface area contributed by atoms with E-state index in [0.717, 1.165) is 6.42 Å². The average molecular weight is 313 g/mol. The van der Waals surface area contributed by atoms with Crippen LogP contribution in [0.25, 0.3) is 0 Å². The molecule has 0 saturated carbocycles. The third-order valence-electron chi connectivity index (χ3n) is 3.04. The molecular weight excluding hydrogens is 290 g/mol. The number of ether oxygens (including phenoxy) is 1. The Morgan fingerprint density at radius 1 is 1.19 bits per heavy atom. The van der Waals surface area contributed by atoms with Gasteiger partial charge >= 0.3 is 5.97 Å². The molecule has 118 valence electrons. The van der Waals surface area contributed by atoms with Crippen LogP contribution >= 0.6 is 0 Å². The number of para-hydroxylation sites is 1. The van der Waals surface area contributed by atoms with Crippen molar-refractivity contribution < 1.29 is 17.9 Å². The molecule has 0 spiro atoms. The standard InChI is InChI=1S/C15H23NO4S/c1-4-11-16(12-15(17)20-5-2)13-9-7-8-10-14(13)21(18,19)6-3/h7-10H,4-6,11-12H2,1-3H3. The third kappa shape index (κ3) is 4.74. The van der Waals surface area contributed by atoms with Gasteiger partial charge in [-0.2, -0.15) is 0 Å². The number of hydrogen-bond donors (Lipinski definition) is 0. The highest BCUT2D eigenvalue weighted by molar-refractivity contribution is 7.91. The fourth-order valence-corrected chi connectivity index (χ4v) is 3.17. The molecule has 0 bridgehead atoms. The molecule has 0 aliphatic rings. The highest BCUT2D eigenvalue weighted by Gasteiger charge is 2.21. The molecule has 0 radical (unpaired) electrons. The van der Waals surface area contributed by atoms with Crippen LogP contribution in [-0.2, 0) is 19.4 Å². The highest BCUT2D eigenvalue weighted by Crippen LogP contribution is 2.26. The van der Waals surface area contributed by atoms with Gasteiger partial charge in [-0.15, -0.1) is 0 Å². The van der Waals surface area contributed by atoms with Gasteiger partial charge in [-0.05, 0) is 25.5 Å². The minimum absolute atomic E-state index is 0.0311. The van der Waals surface area contributed by atoms with Crippen molar-refractivity contribution in [3.8, 4) is 0 Å². The first-order chi connectivity index (χ1) is 9.96. The number of hydrogen-bond acceptors (Lipinski definition) is 5. The van der Waals surface area contributed by atoms with Crippen LogP contribution in [0.2, 0.25) is 0 Å². The molecule has 1 aromatic rings. The summed E-state index contributed by atoms with van der Waals surface area (Å²) in [5.74, 6) is -0.321. The number of benzene rings is 1. The maximum absolute atomic E-state index is 12.2. The lowest BCUT2D eigenvalue weighted by atomic mass is 10.2. The summed E-state index contributed by atoms with van der Waals surface area (Å²) >= 11 is 0. The Hall–Kier alpha value is -1.56. The van der Waals surface area contributed by atoms with Crippen molar-refractivity contribution in [2.24, 2.45) is 0 Å². The van der Waals surface area contributed by atoms with Gasteiger partial charge in [-0.3, -0.25) is 4.79 Å². The van der Waals surface area contributed by atoms with Crippen molar-refractivity contribution in [1.29, 1.82) is 0 Å². The molecule has 0 aromatic heterocycles. The Kier molecular flexibility index (Phi) is 6.68. The second-order valence-corrected chi connectivity index (χ2v) is 6.84. The first-order valence-corrected chi connectivity index (χ1v) is 8.83. The van der Waals surface area contributed by atoms with Crippen molar-refractivity contribution in [2.45, 2.75) is 32.1 Å². The summed E-state index contributed by atoms with van der Waals surface area (Å²) in [6.07, 6.45) is 0.805. The molecule has 0 N–H and O–H groups in total. The summed E-state index contributed by atoms with van der Waals surface area (Å²) in [5.41, 5.74) is 0.564. The maximum Gasteiger partial charge on any atom is 0.325 e. The van der Waals surface area contributed by atoms with Gasteiger partial charge in [0.1, 0.15) is 6.54 Å². The number of sulfone groups is 1. The minimum atomic E-state index is -3.33. The summed E-state index contributed by atoms with van der Waals surface area (Å²) < 4.78 is 29.4. The lowest BCUT2D eigenvalue weighted by molar-refractivity contribution is -0.141. The van der Waals surface area contributed by atoms with Crippen molar-refractivity contribution in [3.05, 3.63) is 24.3 Å². The van der Waals surface area contributed by atoms with Gasteiger partial charge in [-0.1, -0.05) is 26.0 Å². The molecular formula is C15H23NO4S. The van der Waals surface area contributed by atoms with E-state index in [9.17, 15) is 13.2 Å². The first-order valence-electron chi connectivity index (χ1n) is 7.18. The molecule has 21 heavy (non-hydrogen) atoms. The van der Waals surface area contributed by atoms with E-state index in [1.165, 1.54) is 0 Å². The monoisotopic (exact) mass is 313 g/mol. The molecule has 1 rings (SSSR count). The van der Waals surface area contributed by atoms with Crippen LogP contribution in [0.1, 0.15) is 27.2 Å². The Bertz CT molecular complexity index is 569. The molecule has 6 heteroatoms. The van der Waals surface area contributed by atoms with E-state index >= 15 is 0 Å². The van der Waals surface area contributed by atoms with Gasteiger partial charge in [-0.25, -0.2) is 8.42 Å². The molecule has 1 aromatic carbocycles. The maximum atomic E-state index is 12.2. The van der Waals surface area contributed by atoms with Crippen LogP contribution in [0.4, 0.5) is 5.69 Å². The summed E-state index contributed by atoms with van der Waals surface area (Å²) in [6.45, 7) is 6.30. The number of carbonyl (C=O) groups excluding carboxylic acids is 1. The molecule has 5 nitrogen and oxygen atoms in total. The van der Waals surface area contributed by atoms with Crippen molar-refractivity contribution in [1.82, 2.24) is 0 Å². The lowest BCUT2D eigenvalue weighted by Gasteiger charge is -2.25. The smallest absolute Gasteiger partial charge is 0.325 e. The molecule has 0 amide bonds. The summed E-state index contributed by atoms with van der Waals surface area (Å²) in [6, 6.07) is 6.79. The lowest BCUT2D eigenvalue weighted by Crippen LogP contribution is -2.32. The number of carbonyl (C=O) groups is 1. The van der Waals surface area contributed by atoms with Crippen LogP contribution in [0.5, 0.6) is 0 Å². The topological polar surface area (TPSA) is 63.7 Å². The molecule has 0 saturated heterocycles. The summed E-state index contributed by atoms with van der Waals surface area (Å²) in [7, 11) is -3.33. The molecule has 0 aliphatic heterocycles. The fraction of sp³-hybridized carbons (Fsp3) is 0.533. The van der Waals surface area contributed by atoms with Gasteiger partial charge in [0.2, 0.25) is 0 Å². The third-order valence-corrected chi connectivity index (χ3v) is 4.82. The van der Waals surface area contributed by atoms with E-state index in [1.807, 2.05) is 6.92 Å². The van der Waals surface area contributed by atoms with Crippen LogP contribution in [0.3, 0.4) is 0 Å². The average Bonchev–Trinajstić information content (AvgIpc) is 2.47. The SMILES string of the molecule is CCCN(CC(=O)OCC)c1ccccc1S(=O)(=O)CC. The quantitative estimate of drug-likeness (QED) is 0.689. The number of rotatable bonds is 8. The van der Waals surface area contributed by atoms with Crippen molar-refractivity contribution in [2.75, 3.05) is 30.3 Å². The second kappa shape index (κ2) is 8.02. The van der Waals surface area contributed by atoms with Gasteiger partial charge in [0.15, 0.2) is 9.84 Å². The van der Waals surface area contributed by atoms with Crippen LogP contribution < -0.4 is 4.90 Å². The van der Waals surface area contributed by atoms with E-state index < -0.39 is 9.84 Å². The van der Waals surface area contributed by atoms with Crippen LogP contribution in [0.15, 0.2) is 29.2 Å². The zero-order valence-corrected chi connectivity index (χ0v) is 13.6. The highest BCUT2D eigenvalue weighted by atomic mass is 32.2. The Morgan fingerprint density at radius 2 is 1.86 bits per heavy atom. The number of anilines is 1. The van der Waals surface area contributed by atoms with E-state index in [4.69, 9.17) is 4.74 Å². The van der Waals surface area contributed by atoms with Crippen LogP contribution in [-0.4, -0.2) is 39.8 Å². The fourth-order valence-electron chi connectivity index (χ4n) is 2.05. The molecule has 0 heterocycles. The largest absolute Gasteiger partial charge is 0.465 e. The zero-order chi connectivity index (χ0) is 15.9. The van der Waals surface area contributed by atoms with E-state index in [0.29, 0.717) is 18.8 Å². The Labute approximate surface area is 126 Å². The van der Waals surface area contributed by atoms with Gasteiger partial charge in [0.05, 0.1) is 22.9 Å². The van der Waals surface area contributed by atoms with Crippen molar-refractivity contribution >= 4 is 21.5 Å². The van der Waals surface area contributed by atoms with Crippen LogP contribution in [0, 0.1) is 0 Å². The summed E-state index contributed by atoms with van der Waals surface area (Å²) in [4.78, 5) is 13.8. The normalized spacial score (nSPS) is 11.2. The predicted octanol–water partition coefficient (Wildman–Crippen LogP) is 2.26. The number of nitrogens with zero attached hydrogens (tertiary/aromatic N) is 1. The van der Waals surface area contributed by atoms with Crippen molar-refractivity contribution in [3.63, 3.8) is 0 Å². The molecule has 0 fully saturated rings. The van der Waals surface area contributed by atoms with E-state index in [2.05, 4.69) is 0 Å². The molecule has 0 aliphatic carbocycles. The Morgan fingerprint density at radius 3 is 2.43 bits per heavy atom. The zero-order valence-electron chi connectivity index (χ0n) is 12.8. The minimum Gasteiger partial charge on any atom is -0.465 e. The first kappa shape index (κ1) is 17.5. The van der Waals surface area contributed by atoms with Gasteiger partial charge < -0.3 is 9.64 Å². The molecule has 0 atom stereocenters. The van der Waals surface area contributed by atoms with Gasteiger partial charge in [0, 0.05) is 6.54 Å². The Balaban J connectivity index is 3.17. The summed E-state index contributed by atoms with van der Waals surface area (Å²) in [5, 5.41) is 0. The number of esters is 1. The molecule has 0 unspecified atom stereocenters. The van der Waals surface area contributed by atoms with E-state index in [-0.39, 0.29) is 23.2 Å². The predicted molar refractivity (Wildman–Crippen MR) is 83.3 cm³/mol. The van der Waals surface area contributed by atoms with Gasteiger partial charge in [0.25, 0.3) is 0 Å². The second-order valence-electron chi connectivity index (χ2n) is 4.60.